The summed E-state index contributed by atoms with van der Waals surface area (Å²) in [5.74, 6) is -0.149. The van der Waals surface area contributed by atoms with Crippen LogP contribution >= 0.6 is 0 Å². The topological polar surface area (TPSA) is 0 Å². The molecule has 0 saturated carbocycles. The van der Waals surface area contributed by atoms with Crippen LogP contribution in [0.5, 0.6) is 0 Å². The van der Waals surface area contributed by atoms with Gasteiger partial charge in [-0.2, -0.15) is 0 Å². The third kappa shape index (κ3) is 2.05. The Morgan fingerprint density at radius 3 is 2.92 bits per heavy atom. The van der Waals surface area contributed by atoms with E-state index in [2.05, 4.69) is 18.2 Å². The van der Waals surface area contributed by atoms with Crippen LogP contribution in [0.1, 0.15) is 12.0 Å². The highest BCUT2D eigenvalue weighted by molar-refractivity contribution is 5.29. The second-order valence-corrected chi connectivity index (χ2v) is 3.26. The van der Waals surface area contributed by atoms with Gasteiger partial charge in [0.15, 0.2) is 0 Å². The maximum atomic E-state index is 12.8. The van der Waals surface area contributed by atoms with Gasteiger partial charge in [0, 0.05) is 0 Å². The van der Waals surface area contributed by atoms with Crippen molar-refractivity contribution in [1.29, 1.82) is 0 Å². The molecule has 0 aromatic heterocycles. The van der Waals surface area contributed by atoms with Crippen molar-refractivity contribution in [2.75, 3.05) is 0 Å². The van der Waals surface area contributed by atoms with E-state index < -0.39 is 0 Å². The number of allylic oxidation sites excluding steroid dienone is 4. The average Bonchev–Trinajstić information content (AvgIpc) is 2.57. The van der Waals surface area contributed by atoms with Crippen molar-refractivity contribution in [3.63, 3.8) is 0 Å². The van der Waals surface area contributed by atoms with Gasteiger partial charge in [-0.25, -0.2) is 4.39 Å². The Morgan fingerprint density at radius 1 is 1.31 bits per heavy atom. The van der Waals surface area contributed by atoms with E-state index in [1.54, 1.807) is 12.1 Å². The van der Waals surface area contributed by atoms with Crippen LogP contribution in [-0.2, 0) is 6.42 Å². The van der Waals surface area contributed by atoms with Gasteiger partial charge in [-0.1, -0.05) is 35.9 Å². The molecule has 0 nitrogen and oxygen atoms in total. The molecule has 0 N–H and O–H groups in total. The van der Waals surface area contributed by atoms with Crippen LogP contribution in [-0.4, -0.2) is 0 Å². The molecule has 0 radical (unpaired) electrons. The molecule has 13 heavy (non-hydrogen) atoms. The van der Waals surface area contributed by atoms with Gasteiger partial charge < -0.3 is 0 Å². The molecule has 0 saturated heterocycles. The van der Waals surface area contributed by atoms with Gasteiger partial charge in [-0.15, -0.1) is 0 Å². The summed E-state index contributed by atoms with van der Waals surface area (Å²) in [4.78, 5) is 0. The standard InChI is InChI=1S/C12H11F/c13-12-7-3-6-11(9-12)8-10-4-1-2-5-10/h1-4,6-7,9H,5,8H2. The van der Waals surface area contributed by atoms with E-state index in [0.29, 0.717) is 0 Å². The molecule has 0 unspecified atom stereocenters. The first kappa shape index (κ1) is 8.24. The summed E-state index contributed by atoms with van der Waals surface area (Å²) in [6.45, 7) is 0. The van der Waals surface area contributed by atoms with Gasteiger partial charge in [0.2, 0.25) is 0 Å². The molecule has 1 heteroatoms. The molecule has 0 heterocycles. The van der Waals surface area contributed by atoms with Gasteiger partial charge in [-0.05, 0) is 30.5 Å². The summed E-state index contributed by atoms with van der Waals surface area (Å²) in [5.41, 5.74) is 2.40. The minimum atomic E-state index is -0.149. The van der Waals surface area contributed by atoms with E-state index in [9.17, 15) is 4.39 Å². The molecule has 66 valence electrons. The quantitative estimate of drug-likeness (QED) is 0.645. The smallest absolute Gasteiger partial charge is 0.123 e. The van der Waals surface area contributed by atoms with Gasteiger partial charge in [0.1, 0.15) is 5.82 Å². The molecule has 0 atom stereocenters. The van der Waals surface area contributed by atoms with Crippen LogP contribution in [0.3, 0.4) is 0 Å². The molecule has 0 amide bonds. The maximum Gasteiger partial charge on any atom is 0.123 e. The van der Waals surface area contributed by atoms with Crippen LogP contribution in [0.25, 0.3) is 0 Å². The minimum Gasteiger partial charge on any atom is -0.207 e. The van der Waals surface area contributed by atoms with Crippen LogP contribution in [0, 0.1) is 5.82 Å². The van der Waals surface area contributed by atoms with Crippen LogP contribution < -0.4 is 0 Å². The second kappa shape index (κ2) is 3.56. The van der Waals surface area contributed by atoms with Crippen LogP contribution in [0.2, 0.25) is 0 Å². The van der Waals surface area contributed by atoms with E-state index in [1.807, 2.05) is 6.07 Å². The summed E-state index contributed by atoms with van der Waals surface area (Å²) in [7, 11) is 0. The lowest BCUT2D eigenvalue weighted by molar-refractivity contribution is 0.626. The number of hydrogen-bond donors (Lipinski definition) is 0. The first-order chi connectivity index (χ1) is 6.34. The van der Waals surface area contributed by atoms with Gasteiger partial charge in [0.05, 0.1) is 0 Å². The third-order valence-electron chi connectivity index (χ3n) is 2.17. The lowest BCUT2D eigenvalue weighted by atomic mass is 10.0. The molecular weight excluding hydrogens is 163 g/mol. The minimum absolute atomic E-state index is 0.149. The summed E-state index contributed by atoms with van der Waals surface area (Å²) >= 11 is 0. The zero-order valence-corrected chi connectivity index (χ0v) is 7.33. The molecule has 1 aromatic carbocycles. The summed E-state index contributed by atoms with van der Waals surface area (Å²) in [6, 6.07) is 6.79. The molecular formula is C12H11F. The van der Waals surface area contributed by atoms with E-state index >= 15 is 0 Å². The lowest BCUT2D eigenvalue weighted by Gasteiger charge is -2.01. The highest BCUT2D eigenvalue weighted by Crippen LogP contribution is 2.16. The first-order valence-electron chi connectivity index (χ1n) is 4.43. The third-order valence-corrected chi connectivity index (χ3v) is 2.17. The Hall–Kier alpha value is -1.37. The fraction of sp³-hybridized carbons (Fsp3) is 0.167. The van der Waals surface area contributed by atoms with Crippen molar-refractivity contribution in [3.8, 4) is 0 Å². The Bertz CT molecular complexity index is 361. The SMILES string of the molecule is Fc1cccc(CC2=CC=CC2)c1. The molecule has 0 spiro atoms. The Morgan fingerprint density at radius 2 is 2.23 bits per heavy atom. The maximum absolute atomic E-state index is 12.8. The van der Waals surface area contributed by atoms with Gasteiger partial charge >= 0.3 is 0 Å². The summed E-state index contributed by atoms with van der Waals surface area (Å²) in [6.07, 6.45) is 8.15. The first-order valence-corrected chi connectivity index (χ1v) is 4.43. The molecule has 0 bridgehead atoms. The molecule has 0 aliphatic heterocycles. The van der Waals surface area contributed by atoms with Gasteiger partial charge in [0.25, 0.3) is 0 Å². The van der Waals surface area contributed by atoms with Gasteiger partial charge in [-0.3, -0.25) is 0 Å². The van der Waals surface area contributed by atoms with Crippen LogP contribution in [0.15, 0.2) is 48.1 Å². The fourth-order valence-corrected chi connectivity index (χ4v) is 1.53. The lowest BCUT2D eigenvalue weighted by Crippen LogP contribution is -1.88. The second-order valence-electron chi connectivity index (χ2n) is 3.26. The average molecular weight is 174 g/mol. The largest absolute Gasteiger partial charge is 0.207 e. The highest BCUT2D eigenvalue weighted by Gasteiger charge is 2.01. The monoisotopic (exact) mass is 174 g/mol. The molecule has 1 aliphatic carbocycles. The normalized spacial score (nSPS) is 14.7. The number of hydrogen-bond acceptors (Lipinski definition) is 0. The molecule has 1 aliphatic rings. The zero-order chi connectivity index (χ0) is 9.10. The van der Waals surface area contributed by atoms with E-state index in [4.69, 9.17) is 0 Å². The Balaban J connectivity index is 2.10. The highest BCUT2D eigenvalue weighted by atomic mass is 19.1. The van der Waals surface area contributed by atoms with Crippen molar-refractivity contribution in [1.82, 2.24) is 0 Å². The molecule has 0 fully saturated rings. The Kier molecular flexibility index (Phi) is 2.26. The van der Waals surface area contributed by atoms with Crippen molar-refractivity contribution >= 4 is 0 Å². The van der Waals surface area contributed by atoms with Crippen molar-refractivity contribution in [2.45, 2.75) is 12.8 Å². The predicted molar refractivity (Wildman–Crippen MR) is 51.9 cm³/mol. The summed E-state index contributed by atoms with van der Waals surface area (Å²) in [5, 5.41) is 0. The molecule has 1 aromatic rings. The summed E-state index contributed by atoms with van der Waals surface area (Å²) < 4.78 is 12.8. The van der Waals surface area contributed by atoms with Crippen LogP contribution in [0.4, 0.5) is 4.39 Å². The van der Waals surface area contributed by atoms with Crippen molar-refractivity contribution < 1.29 is 4.39 Å². The molecule has 2 rings (SSSR count). The van der Waals surface area contributed by atoms with E-state index in [-0.39, 0.29) is 5.82 Å². The van der Waals surface area contributed by atoms with E-state index in [0.717, 1.165) is 18.4 Å². The number of benzene rings is 1. The fourth-order valence-electron chi connectivity index (χ4n) is 1.53. The predicted octanol–water partition coefficient (Wildman–Crippen LogP) is 3.25. The number of halogens is 1. The van der Waals surface area contributed by atoms with Crippen molar-refractivity contribution in [2.24, 2.45) is 0 Å². The van der Waals surface area contributed by atoms with Crippen molar-refractivity contribution in [3.05, 3.63) is 59.4 Å². The van der Waals surface area contributed by atoms with E-state index in [1.165, 1.54) is 11.6 Å². The number of rotatable bonds is 2. The Labute approximate surface area is 77.4 Å². The zero-order valence-electron chi connectivity index (χ0n) is 7.33.